The molecule has 0 aromatic heterocycles. The number of unbranched alkanes of at least 4 members (excludes halogenated alkanes) is 1. The lowest BCUT2D eigenvalue weighted by Crippen LogP contribution is -2.37. The first kappa shape index (κ1) is 13.8. The Bertz CT molecular complexity index is 407. The maximum atomic E-state index is 12.0. The molecule has 1 aromatic carbocycles. The van der Waals surface area contributed by atoms with Gasteiger partial charge in [0, 0.05) is 23.7 Å². The van der Waals surface area contributed by atoms with E-state index in [1.165, 1.54) is 5.56 Å². The topological polar surface area (TPSA) is 20.3 Å². The number of thioether (sulfide) groups is 1. The number of nitrogens with zero attached hydrogens (tertiary/aromatic N) is 1. The lowest BCUT2D eigenvalue weighted by molar-refractivity contribution is -0.132. The van der Waals surface area contributed by atoms with Crippen LogP contribution in [0.15, 0.2) is 24.3 Å². The van der Waals surface area contributed by atoms with Crippen molar-refractivity contribution in [2.24, 2.45) is 0 Å². The van der Waals surface area contributed by atoms with Crippen LogP contribution in [0.3, 0.4) is 0 Å². The van der Waals surface area contributed by atoms with Crippen molar-refractivity contribution in [3.63, 3.8) is 0 Å². The molecule has 0 spiro atoms. The van der Waals surface area contributed by atoms with Crippen LogP contribution in [0.2, 0.25) is 5.02 Å². The number of carbonyl (C=O) groups excluding carboxylic acids is 1. The van der Waals surface area contributed by atoms with Crippen LogP contribution in [-0.2, 0) is 4.79 Å². The number of hydrogen-bond acceptors (Lipinski definition) is 2. The van der Waals surface area contributed by atoms with Crippen molar-refractivity contribution in [3.05, 3.63) is 34.9 Å². The second-order valence-electron chi connectivity index (χ2n) is 4.47. The fourth-order valence-corrected chi connectivity index (χ4v) is 3.49. The molecule has 1 amide bonds. The monoisotopic (exact) mass is 283 g/mol. The third kappa shape index (κ3) is 3.21. The summed E-state index contributed by atoms with van der Waals surface area (Å²) in [5.41, 5.74) is 1.17. The molecule has 1 saturated heterocycles. The van der Waals surface area contributed by atoms with Crippen LogP contribution in [0.5, 0.6) is 0 Å². The van der Waals surface area contributed by atoms with Gasteiger partial charge >= 0.3 is 0 Å². The molecule has 0 aliphatic carbocycles. The highest BCUT2D eigenvalue weighted by molar-refractivity contribution is 7.99. The first-order valence-corrected chi connectivity index (χ1v) is 7.81. The van der Waals surface area contributed by atoms with Crippen molar-refractivity contribution < 1.29 is 4.79 Å². The summed E-state index contributed by atoms with van der Waals surface area (Å²) in [5, 5.41) is 0.904. The van der Waals surface area contributed by atoms with Crippen LogP contribution in [0.4, 0.5) is 0 Å². The molecule has 1 fully saturated rings. The average Bonchev–Trinajstić information content (AvgIpc) is 2.38. The Kier molecular flexibility index (Phi) is 4.95. The Hall–Kier alpha value is -0.670. The molecule has 1 heterocycles. The van der Waals surface area contributed by atoms with Gasteiger partial charge in [0.05, 0.1) is 0 Å². The Labute approximate surface area is 118 Å². The summed E-state index contributed by atoms with van der Waals surface area (Å²) in [7, 11) is 0. The molecule has 0 N–H and O–H groups in total. The van der Waals surface area contributed by atoms with Crippen molar-refractivity contribution in [1.82, 2.24) is 4.90 Å². The molecule has 1 aromatic rings. The minimum absolute atomic E-state index is 0.162. The summed E-state index contributed by atoms with van der Waals surface area (Å²) < 4.78 is 0. The van der Waals surface area contributed by atoms with E-state index in [1.807, 2.05) is 40.9 Å². The summed E-state index contributed by atoms with van der Waals surface area (Å²) >= 11 is 7.76. The zero-order valence-corrected chi connectivity index (χ0v) is 12.1. The second kappa shape index (κ2) is 6.48. The molecular formula is C14H18ClNOS. The van der Waals surface area contributed by atoms with Crippen LogP contribution in [0.1, 0.15) is 37.1 Å². The molecule has 98 valence electrons. The van der Waals surface area contributed by atoms with Gasteiger partial charge in [0.25, 0.3) is 0 Å². The van der Waals surface area contributed by atoms with E-state index in [1.54, 1.807) is 0 Å². The van der Waals surface area contributed by atoms with Gasteiger partial charge in [-0.2, -0.15) is 0 Å². The lowest BCUT2D eigenvalue weighted by Gasteiger charge is -2.35. The van der Waals surface area contributed by atoms with Gasteiger partial charge in [-0.05, 0) is 24.1 Å². The van der Waals surface area contributed by atoms with Crippen LogP contribution in [0, 0.1) is 0 Å². The van der Waals surface area contributed by atoms with Gasteiger partial charge in [0.2, 0.25) is 5.91 Å². The minimum atomic E-state index is 0.162. The van der Waals surface area contributed by atoms with Gasteiger partial charge in [-0.1, -0.05) is 37.1 Å². The number of rotatable bonds is 4. The van der Waals surface area contributed by atoms with E-state index in [0.29, 0.717) is 6.42 Å². The largest absolute Gasteiger partial charge is 0.327 e. The predicted octanol–water partition coefficient (Wildman–Crippen LogP) is 4.10. The van der Waals surface area contributed by atoms with Gasteiger partial charge in [0.1, 0.15) is 5.37 Å². The summed E-state index contributed by atoms with van der Waals surface area (Å²) in [6.45, 7) is 3.01. The first-order valence-electron chi connectivity index (χ1n) is 6.39. The molecule has 2 rings (SSSR count). The molecular weight excluding hydrogens is 266 g/mol. The van der Waals surface area contributed by atoms with E-state index < -0.39 is 0 Å². The zero-order chi connectivity index (χ0) is 13.0. The fourth-order valence-electron chi connectivity index (χ4n) is 2.10. The third-order valence-corrected chi connectivity index (χ3v) is 4.64. The highest BCUT2D eigenvalue weighted by atomic mass is 35.5. The summed E-state index contributed by atoms with van der Waals surface area (Å²) in [6.07, 6.45) is 2.84. The van der Waals surface area contributed by atoms with E-state index in [4.69, 9.17) is 11.6 Å². The highest BCUT2D eigenvalue weighted by Crippen LogP contribution is 2.37. The van der Waals surface area contributed by atoms with Crippen molar-refractivity contribution >= 4 is 29.3 Å². The first-order chi connectivity index (χ1) is 8.72. The maximum Gasteiger partial charge on any atom is 0.224 e. The van der Waals surface area contributed by atoms with E-state index in [-0.39, 0.29) is 11.3 Å². The second-order valence-corrected chi connectivity index (χ2v) is 6.09. The van der Waals surface area contributed by atoms with Gasteiger partial charge < -0.3 is 4.90 Å². The van der Waals surface area contributed by atoms with Crippen molar-refractivity contribution in [2.75, 3.05) is 12.3 Å². The number of benzene rings is 1. The third-order valence-electron chi connectivity index (χ3n) is 3.10. The Balaban J connectivity index is 2.16. The Morgan fingerprint density at radius 1 is 1.39 bits per heavy atom. The van der Waals surface area contributed by atoms with Gasteiger partial charge in [-0.15, -0.1) is 11.8 Å². The quantitative estimate of drug-likeness (QED) is 0.829. The van der Waals surface area contributed by atoms with Crippen LogP contribution in [0.25, 0.3) is 0 Å². The molecule has 2 nitrogen and oxygen atoms in total. The highest BCUT2D eigenvalue weighted by Gasteiger charge is 2.29. The Morgan fingerprint density at radius 2 is 2.11 bits per heavy atom. The number of carbonyl (C=O) groups is 1. The normalized spacial score (nSPS) is 20.2. The van der Waals surface area contributed by atoms with Gasteiger partial charge in [0.15, 0.2) is 0 Å². The number of halogens is 1. The maximum absolute atomic E-state index is 12.0. The molecule has 0 saturated carbocycles. The molecule has 18 heavy (non-hydrogen) atoms. The predicted molar refractivity (Wildman–Crippen MR) is 77.9 cm³/mol. The van der Waals surface area contributed by atoms with Crippen LogP contribution >= 0.6 is 23.4 Å². The molecule has 1 aliphatic heterocycles. The van der Waals surface area contributed by atoms with Crippen LogP contribution < -0.4 is 0 Å². The number of amides is 1. The van der Waals surface area contributed by atoms with E-state index >= 15 is 0 Å². The fraction of sp³-hybridized carbons (Fsp3) is 0.500. The van der Waals surface area contributed by atoms with E-state index in [2.05, 4.69) is 6.92 Å². The molecule has 0 bridgehead atoms. The summed E-state index contributed by atoms with van der Waals surface area (Å²) in [5.74, 6) is 1.19. The van der Waals surface area contributed by atoms with Crippen molar-refractivity contribution in [1.29, 1.82) is 0 Å². The Morgan fingerprint density at radius 3 is 2.78 bits per heavy atom. The smallest absolute Gasteiger partial charge is 0.224 e. The van der Waals surface area contributed by atoms with E-state index in [0.717, 1.165) is 30.2 Å². The standard InChI is InChI=1S/C14H18ClNOS/c1-2-3-9-16-13(17)8-10-18-14(16)11-4-6-12(15)7-5-11/h4-7,14H,2-3,8-10H2,1H3. The lowest BCUT2D eigenvalue weighted by atomic mass is 10.2. The zero-order valence-electron chi connectivity index (χ0n) is 10.6. The van der Waals surface area contributed by atoms with E-state index in [9.17, 15) is 4.79 Å². The molecule has 4 heteroatoms. The van der Waals surface area contributed by atoms with Crippen LogP contribution in [-0.4, -0.2) is 23.1 Å². The van der Waals surface area contributed by atoms with Gasteiger partial charge in [-0.3, -0.25) is 4.79 Å². The average molecular weight is 284 g/mol. The van der Waals surface area contributed by atoms with Crippen molar-refractivity contribution in [3.8, 4) is 0 Å². The molecule has 1 aliphatic rings. The van der Waals surface area contributed by atoms with Crippen molar-refractivity contribution in [2.45, 2.75) is 31.6 Å². The summed E-state index contributed by atoms with van der Waals surface area (Å²) in [6, 6.07) is 7.85. The molecule has 0 radical (unpaired) electrons. The molecule has 1 unspecified atom stereocenters. The minimum Gasteiger partial charge on any atom is -0.327 e. The van der Waals surface area contributed by atoms with Gasteiger partial charge in [-0.25, -0.2) is 0 Å². The summed E-state index contributed by atoms with van der Waals surface area (Å²) in [4.78, 5) is 14.1. The SMILES string of the molecule is CCCCN1C(=O)CCSC1c1ccc(Cl)cc1. The number of hydrogen-bond donors (Lipinski definition) is 0. The molecule has 1 atom stereocenters.